The minimum atomic E-state index is -4.11. The van der Waals surface area contributed by atoms with E-state index in [0.29, 0.717) is 17.7 Å². The van der Waals surface area contributed by atoms with Crippen molar-refractivity contribution >= 4 is 30.7 Å². The summed E-state index contributed by atoms with van der Waals surface area (Å²) in [5.41, 5.74) is 7.18. The zero-order valence-corrected chi connectivity index (χ0v) is 20.1. The minimum absolute atomic E-state index is 0.0128. The molecule has 190 valence electrons. The molecule has 3 rings (SSSR count). The summed E-state index contributed by atoms with van der Waals surface area (Å²) in [5.74, 6) is -0.319. The van der Waals surface area contributed by atoms with Gasteiger partial charge in [0.1, 0.15) is 12.1 Å². The van der Waals surface area contributed by atoms with E-state index < -0.39 is 19.4 Å². The first-order valence-electron chi connectivity index (χ1n) is 10.6. The monoisotopic (exact) mass is 510 g/mol. The molecule has 14 nitrogen and oxygen atoms in total. The molecule has 15 heteroatoms. The van der Waals surface area contributed by atoms with Gasteiger partial charge in [0.2, 0.25) is 0 Å². The Morgan fingerprint density at radius 2 is 1.94 bits per heavy atom. The number of amides is 1. The molecule has 2 aromatic heterocycles. The zero-order valence-electron chi connectivity index (χ0n) is 19.2. The van der Waals surface area contributed by atoms with Gasteiger partial charge in [0.25, 0.3) is 5.91 Å². The van der Waals surface area contributed by atoms with Crippen molar-refractivity contribution in [3.8, 4) is 6.01 Å². The number of methoxy groups -OCH3 is 1. The van der Waals surface area contributed by atoms with E-state index in [0.717, 1.165) is 5.56 Å². The number of carbonyl (C=O) groups is 1. The van der Waals surface area contributed by atoms with E-state index in [2.05, 4.69) is 24.8 Å². The molecule has 1 unspecified atom stereocenters. The molecule has 0 saturated carbocycles. The number of imidazole rings is 1. The number of nitrogens with zero attached hydrogens (tertiary/aromatic N) is 3. The molecule has 0 spiro atoms. The van der Waals surface area contributed by atoms with E-state index in [4.69, 9.17) is 19.7 Å². The van der Waals surface area contributed by atoms with Crippen LogP contribution in [0.5, 0.6) is 6.01 Å². The Morgan fingerprint density at radius 1 is 1.20 bits per heavy atom. The van der Waals surface area contributed by atoms with E-state index in [1.165, 1.54) is 11.7 Å². The number of nitrogen functional groups attached to an aromatic ring is 1. The fourth-order valence-corrected chi connectivity index (χ4v) is 3.75. The highest BCUT2D eigenvalue weighted by Crippen LogP contribution is 2.42. The second-order valence-electron chi connectivity index (χ2n) is 7.12. The molecule has 1 atom stereocenters. The third kappa shape index (κ3) is 7.10. The Kier molecular flexibility index (Phi) is 8.95. The number of carbonyl (C=O) groups excluding carboxylic acids is 1. The lowest BCUT2D eigenvalue weighted by molar-refractivity contribution is 0.0936. The van der Waals surface area contributed by atoms with Crippen molar-refractivity contribution in [2.75, 3.05) is 45.8 Å². The number of fused-ring (bicyclic) bond motifs is 1. The second kappa shape index (κ2) is 11.9. The number of ether oxygens (including phenoxy) is 2. The summed E-state index contributed by atoms with van der Waals surface area (Å²) in [6.45, 7) is 2.13. The summed E-state index contributed by atoms with van der Waals surface area (Å²) in [6, 6.07) is 6.58. The number of phosphoric acid groups is 1. The van der Waals surface area contributed by atoms with E-state index >= 15 is 0 Å². The van der Waals surface area contributed by atoms with E-state index in [1.54, 1.807) is 31.2 Å². The number of benzene rings is 1. The predicted octanol–water partition coefficient (Wildman–Crippen LogP) is 0.659. The topological polar surface area (TPSA) is 193 Å². The van der Waals surface area contributed by atoms with Crippen LogP contribution in [0.25, 0.3) is 11.2 Å². The number of hydrogen-bond acceptors (Lipinski definition) is 10. The number of rotatable bonds is 13. The molecule has 2 heterocycles. The summed E-state index contributed by atoms with van der Waals surface area (Å²) in [6.07, 6.45) is 0. The van der Waals surface area contributed by atoms with Gasteiger partial charge in [-0.25, -0.2) is 9.36 Å². The number of hydrogen-bond donors (Lipinski definition) is 4. The molecule has 5 N–H and O–H groups in total. The lowest BCUT2D eigenvalue weighted by atomic mass is 10.1. The number of aromatic amines is 1. The van der Waals surface area contributed by atoms with E-state index in [9.17, 15) is 19.0 Å². The molecule has 0 aliphatic heterocycles. The predicted molar refractivity (Wildman–Crippen MR) is 125 cm³/mol. The number of nitrogens with one attached hydrogen (secondary N) is 2. The molecular weight excluding hydrogens is 483 g/mol. The van der Waals surface area contributed by atoms with Crippen molar-refractivity contribution in [3.63, 3.8) is 0 Å². The maximum Gasteiger partial charge on any atom is 0.472 e. The van der Waals surface area contributed by atoms with Crippen LogP contribution in [0.15, 0.2) is 29.1 Å². The SMILES string of the molecule is CCOP(=O)(O)OCCNC(=O)c1ccc(Cn2c(=O)[nH]c3c(N)nc(OCCOC)nc32)cc1. The molecule has 35 heavy (non-hydrogen) atoms. The Morgan fingerprint density at radius 3 is 2.63 bits per heavy atom. The lowest BCUT2D eigenvalue weighted by Gasteiger charge is -2.11. The number of phosphoric ester groups is 1. The third-order valence-corrected chi connectivity index (χ3v) is 5.73. The van der Waals surface area contributed by atoms with Gasteiger partial charge < -0.3 is 30.4 Å². The largest absolute Gasteiger partial charge is 0.472 e. The molecular formula is C20H27N6O8P. The Labute approximate surface area is 200 Å². The molecule has 0 fully saturated rings. The first-order valence-corrected chi connectivity index (χ1v) is 12.1. The van der Waals surface area contributed by atoms with Crippen molar-refractivity contribution in [1.82, 2.24) is 24.8 Å². The maximum absolute atomic E-state index is 12.5. The highest BCUT2D eigenvalue weighted by Gasteiger charge is 2.19. The second-order valence-corrected chi connectivity index (χ2v) is 8.57. The van der Waals surface area contributed by atoms with Gasteiger partial charge in [-0.15, -0.1) is 0 Å². The molecule has 0 saturated heterocycles. The number of H-pyrrole nitrogens is 1. The van der Waals surface area contributed by atoms with Gasteiger partial charge in [0, 0.05) is 19.2 Å². The van der Waals surface area contributed by atoms with Gasteiger partial charge in [-0.05, 0) is 24.6 Å². The fraction of sp³-hybridized carbons (Fsp3) is 0.400. The van der Waals surface area contributed by atoms with Crippen molar-refractivity contribution in [2.24, 2.45) is 0 Å². The van der Waals surface area contributed by atoms with Crippen LogP contribution in [0, 0.1) is 0 Å². The Balaban J connectivity index is 1.65. The van der Waals surface area contributed by atoms with Gasteiger partial charge in [0.05, 0.1) is 26.4 Å². The van der Waals surface area contributed by atoms with E-state index in [-0.39, 0.29) is 50.4 Å². The normalized spacial score (nSPS) is 13.0. The van der Waals surface area contributed by atoms with Gasteiger partial charge in [0.15, 0.2) is 11.5 Å². The van der Waals surface area contributed by atoms with Gasteiger partial charge in [-0.1, -0.05) is 12.1 Å². The van der Waals surface area contributed by atoms with Gasteiger partial charge >= 0.3 is 19.5 Å². The van der Waals surface area contributed by atoms with Crippen LogP contribution in [0.2, 0.25) is 0 Å². The number of nitrogens with two attached hydrogens (primary N) is 1. The molecule has 0 aliphatic carbocycles. The minimum Gasteiger partial charge on any atom is -0.461 e. The maximum atomic E-state index is 12.5. The van der Waals surface area contributed by atoms with Crippen LogP contribution in [-0.4, -0.2) is 70.4 Å². The molecule has 0 aliphatic rings. The Bertz CT molecular complexity index is 1260. The third-order valence-electron chi connectivity index (χ3n) is 4.64. The van der Waals surface area contributed by atoms with E-state index in [1.807, 2.05) is 0 Å². The standard InChI is InChI=1S/C20H27N6O8P/c1-3-33-35(29,30)34-9-8-22-18(27)14-6-4-13(5-7-14)12-26-17-15(23-20(26)28)16(21)24-19(25-17)32-11-10-31-2/h4-7H,3,8-12H2,1-2H3,(H,22,27)(H,23,28)(H,29,30)(H2,21,24,25). The Hall–Kier alpha value is -3.29. The quantitative estimate of drug-likeness (QED) is 0.186. The molecule has 1 amide bonds. The summed E-state index contributed by atoms with van der Waals surface area (Å²) in [4.78, 5) is 45.1. The molecule has 1 aromatic carbocycles. The highest BCUT2D eigenvalue weighted by molar-refractivity contribution is 7.47. The number of aromatic nitrogens is 4. The molecule has 0 bridgehead atoms. The lowest BCUT2D eigenvalue weighted by Crippen LogP contribution is -2.27. The van der Waals surface area contributed by atoms with Crippen LogP contribution >= 0.6 is 7.82 Å². The van der Waals surface area contributed by atoms with Crippen LogP contribution in [0.3, 0.4) is 0 Å². The van der Waals surface area contributed by atoms with Crippen molar-refractivity contribution in [1.29, 1.82) is 0 Å². The summed E-state index contributed by atoms with van der Waals surface area (Å²) in [5, 5.41) is 2.58. The van der Waals surface area contributed by atoms with Crippen molar-refractivity contribution in [2.45, 2.75) is 13.5 Å². The highest BCUT2D eigenvalue weighted by atomic mass is 31.2. The van der Waals surface area contributed by atoms with Crippen molar-refractivity contribution in [3.05, 3.63) is 45.9 Å². The smallest absolute Gasteiger partial charge is 0.461 e. The van der Waals surface area contributed by atoms with Crippen LogP contribution in [0.4, 0.5) is 5.82 Å². The summed E-state index contributed by atoms with van der Waals surface area (Å²) >= 11 is 0. The van der Waals surface area contributed by atoms with Gasteiger partial charge in [-0.3, -0.25) is 18.4 Å². The molecule has 3 aromatic rings. The molecule has 0 radical (unpaired) electrons. The zero-order chi connectivity index (χ0) is 25.4. The average molecular weight is 510 g/mol. The average Bonchev–Trinajstić information content (AvgIpc) is 3.13. The first kappa shape index (κ1) is 26.3. The van der Waals surface area contributed by atoms with Crippen LogP contribution in [0.1, 0.15) is 22.8 Å². The summed E-state index contributed by atoms with van der Waals surface area (Å²) < 4.78 is 32.5. The summed E-state index contributed by atoms with van der Waals surface area (Å²) in [7, 11) is -2.57. The first-order chi connectivity index (χ1) is 16.7. The number of anilines is 1. The van der Waals surface area contributed by atoms with Gasteiger partial charge in [-0.2, -0.15) is 9.97 Å². The fourth-order valence-electron chi connectivity index (χ4n) is 3.03. The van der Waals surface area contributed by atoms with Crippen LogP contribution < -0.4 is 21.5 Å². The van der Waals surface area contributed by atoms with Crippen molar-refractivity contribution < 1.29 is 32.8 Å². The van der Waals surface area contributed by atoms with Crippen LogP contribution in [-0.2, 0) is 24.9 Å².